The molecule has 0 atom stereocenters. The van der Waals surface area contributed by atoms with Crippen molar-refractivity contribution in [2.75, 3.05) is 0 Å². The molecule has 0 unspecified atom stereocenters. The summed E-state index contributed by atoms with van der Waals surface area (Å²) in [6.45, 7) is 0. The molecule has 5 nitrogen and oxygen atoms in total. The molecule has 0 spiro atoms. The minimum absolute atomic E-state index is 0. The van der Waals surface area contributed by atoms with Gasteiger partial charge in [-0.25, -0.2) is 9.59 Å². The fourth-order valence-electron chi connectivity index (χ4n) is 0.858. The summed E-state index contributed by atoms with van der Waals surface area (Å²) in [5.41, 5.74) is -0.505. The SMILES string of the molecule is O=C(O)c1cc(O)cc(C(=O)O)c1.[Cu+2]. The summed E-state index contributed by atoms with van der Waals surface area (Å²) in [6, 6.07) is 2.94. The van der Waals surface area contributed by atoms with E-state index in [2.05, 4.69) is 0 Å². The average Bonchev–Trinajstić information content (AvgIpc) is 2.03. The van der Waals surface area contributed by atoms with Crippen molar-refractivity contribution < 1.29 is 42.0 Å². The molecule has 0 aliphatic carbocycles. The number of phenolic OH excluding ortho intramolecular Hbond substituents is 1. The van der Waals surface area contributed by atoms with Gasteiger partial charge in [0.2, 0.25) is 0 Å². The molecular weight excluding hydrogens is 240 g/mol. The third-order valence-corrected chi connectivity index (χ3v) is 1.41. The Kier molecular flexibility index (Phi) is 4.14. The van der Waals surface area contributed by atoms with Crippen LogP contribution in [0.4, 0.5) is 0 Å². The second-order valence-electron chi connectivity index (χ2n) is 2.38. The zero-order valence-electron chi connectivity index (χ0n) is 6.69. The van der Waals surface area contributed by atoms with Crippen LogP contribution in [0, 0.1) is 0 Å². The van der Waals surface area contributed by atoms with Crippen LogP contribution in [0.1, 0.15) is 20.7 Å². The maximum absolute atomic E-state index is 10.4. The maximum atomic E-state index is 10.4. The molecule has 0 aromatic heterocycles. The van der Waals surface area contributed by atoms with Gasteiger partial charge in [0.05, 0.1) is 11.1 Å². The Morgan fingerprint density at radius 2 is 1.29 bits per heavy atom. The summed E-state index contributed by atoms with van der Waals surface area (Å²) in [5.74, 6) is -2.94. The molecule has 0 aliphatic heterocycles. The number of aromatic carboxylic acids is 2. The number of rotatable bonds is 2. The van der Waals surface area contributed by atoms with Crippen molar-refractivity contribution in [3.63, 3.8) is 0 Å². The van der Waals surface area contributed by atoms with Crippen LogP contribution in [-0.2, 0) is 17.1 Å². The molecule has 1 rings (SSSR count). The standard InChI is InChI=1S/C8H6O5.Cu/c9-6-2-4(7(10)11)1-5(3-6)8(12)13;/h1-3,9H,(H,10,11)(H,12,13);/q;+2. The van der Waals surface area contributed by atoms with Gasteiger partial charge in [0.25, 0.3) is 0 Å². The van der Waals surface area contributed by atoms with Gasteiger partial charge in [-0.05, 0) is 18.2 Å². The van der Waals surface area contributed by atoms with Gasteiger partial charge in [-0.3, -0.25) is 0 Å². The van der Waals surface area contributed by atoms with Gasteiger partial charge in [-0.2, -0.15) is 0 Å². The largest absolute Gasteiger partial charge is 2.00 e. The van der Waals surface area contributed by atoms with E-state index >= 15 is 0 Å². The Labute approximate surface area is 89.5 Å². The number of hydrogen-bond donors (Lipinski definition) is 3. The molecule has 3 N–H and O–H groups in total. The molecule has 0 saturated heterocycles. The van der Waals surface area contributed by atoms with Crippen molar-refractivity contribution in [1.82, 2.24) is 0 Å². The summed E-state index contributed by atoms with van der Waals surface area (Å²) in [6.07, 6.45) is 0. The first kappa shape index (κ1) is 12.5. The smallest absolute Gasteiger partial charge is 0.508 e. The number of carboxylic acid groups (broad SMARTS) is 2. The molecule has 0 amide bonds. The minimum Gasteiger partial charge on any atom is -0.508 e. The van der Waals surface area contributed by atoms with Crippen LogP contribution in [0.15, 0.2) is 18.2 Å². The predicted octanol–water partition coefficient (Wildman–Crippen LogP) is 0.786. The Bertz CT molecular complexity index is 342. The van der Waals surface area contributed by atoms with E-state index in [1.54, 1.807) is 0 Å². The van der Waals surface area contributed by atoms with E-state index in [-0.39, 0.29) is 33.9 Å². The normalized spacial score (nSPS) is 8.86. The quantitative estimate of drug-likeness (QED) is 0.670. The summed E-state index contributed by atoms with van der Waals surface area (Å²) in [5, 5.41) is 26.0. The van der Waals surface area contributed by atoms with Crippen molar-refractivity contribution >= 4 is 11.9 Å². The fraction of sp³-hybridized carbons (Fsp3) is 0. The molecule has 1 radical (unpaired) electrons. The third-order valence-electron chi connectivity index (χ3n) is 1.41. The number of phenols is 1. The van der Waals surface area contributed by atoms with E-state index < -0.39 is 11.9 Å². The summed E-state index contributed by atoms with van der Waals surface area (Å²) in [4.78, 5) is 20.8. The Hall–Kier alpha value is -1.52. The Balaban J connectivity index is 0.00000169. The van der Waals surface area contributed by atoms with Crippen LogP contribution < -0.4 is 0 Å². The molecule has 6 heteroatoms. The summed E-state index contributed by atoms with van der Waals surface area (Å²) in [7, 11) is 0. The van der Waals surface area contributed by atoms with Crippen molar-refractivity contribution in [1.29, 1.82) is 0 Å². The summed E-state index contributed by atoms with van der Waals surface area (Å²) < 4.78 is 0. The van der Waals surface area contributed by atoms with Gasteiger partial charge in [0.1, 0.15) is 5.75 Å². The van der Waals surface area contributed by atoms with Gasteiger partial charge in [0.15, 0.2) is 0 Å². The number of hydrogen-bond acceptors (Lipinski definition) is 3. The van der Waals surface area contributed by atoms with Crippen LogP contribution >= 0.6 is 0 Å². The molecular formula is C8H6CuO5+2. The number of carbonyl (C=O) groups is 2. The van der Waals surface area contributed by atoms with E-state index in [1.165, 1.54) is 0 Å². The zero-order valence-corrected chi connectivity index (χ0v) is 7.63. The Morgan fingerprint density at radius 1 is 0.929 bits per heavy atom. The molecule has 0 bridgehead atoms. The topological polar surface area (TPSA) is 94.8 Å². The first-order valence-corrected chi connectivity index (χ1v) is 3.31. The number of aromatic hydroxyl groups is 1. The van der Waals surface area contributed by atoms with Crippen molar-refractivity contribution in [3.05, 3.63) is 29.3 Å². The Morgan fingerprint density at radius 3 is 1.57 bits per heavy atom. The molecule has 0 heterocycles. The maximum Gasteiger partial charge on any atom is 2.00 e. The molecule has 0 saturated carbocycles. The molecule has 0 fully saturated rings. The van der Waals surface area contributed by atoms with E-state index in [0.29, 0.717) is 0 Å². The van der Waals surface area contributed by atoms with Crippen LogP contribution in [0.5, 0.6) is 5.75 Å². The molecule has 14 heavy (non-hydrogen) atoms. The third kappa shape index (κ3) is 2.76. The van der Waals surface area contributed by atoms with Gasteiger partial charge in [-0.1, -0.05) is 0 Å². The second-order valence-corrected chi connectivity index (χ2v) is 2.38. The first-order chi connectivity index (χ1) is 6.00. The second kappa shape index (κ2) is 4.64. The fourth-order valence-corrected chi connectivity index (χ4v) is 0.858. The van der Waals surface area contributed by atoms with Crippen LogP contribution in [-0.4, -0.2) is 27.3 Å². The molecule has 1 aromatic rings. The van der Waals surface area contributed by atoms with E-state index in [1.807, 2.05) is 0 Å². The van der Waals surface area contributed by atoms with Gasteiger partial charge >= 0.3 is 29.0 Å². The zero-order chi connectivity index (χ0) is 10.0. The molecule has 1 aromatic carbocycles. The predicted molar refractivity (Wildman–Crippen MR) is 42.0 cm³/mol. The van der Waals surface area contributed by atoms with E-state index in [0.717, 1.165) is 18.2 Å². The summed E-state index contributed by atoms with van der Waals surface area (Å²) >= 11 is 0. The van der Waals surface area contributed by atoms with Crippen LogP contribution in [0.25, 0.3) is 0 Å². The van der Waals surface area contributed by atoms with Crippen molar-refractivity contribution in [3.8, 4) is 5.75 Å². The van der Waals surface area contributed by atoms with Gasteiger partial charge in [0, 0.05) is 0 Å². The first-order valence-electron chi connectivity index (χ1n) is 3.31. The monoisotopic (exact) mass is 245 g/mol. The van der Waals surface area contributed by atoms with Crippen LogP contribution in [0.2, 0.25) is 0 Å². The minimum atomic E-state index is -1.28. The molecule has 77 valence electrons. The van der Waals surface area contributed by atoms with Crippen molar-refractivity contribution in [2.45, 2.75) is 0 Å². The van der Waals surface area contributed by atoms with E-state index in [9.17, 15) is 9.59 Å². The van der Waals surface area contributed by atoms with Crippen LogP contribution in [0.3, 0.4) is 0 Å². The average molecular weight is 246 g/mol. The van der Waals surface area contributed by atoms with E-state index in [4.69, 9.17) is 15.3 Å². The number of benzene rings is 1. The molecule has 0 aliphatic rings. The van der Waals surface area contributed by atoms with Gasteiger partial charge < -0.3 is 15.3 Å². The number of carboxylic acids is 2. The van der Waals surface area contributed by atoms with Crippen molar-refractivity contribution in [2.24, 2.45) is 0 Å². The van der Waals surface area contributed by atoms with Gasteiger partial charge in [-0.15, -0.1) is 0 Å².